The van der Waals surface area contributed by atoms with Gasteiger partial charge in [-0.05, 0) is 10.8 Å². The summed E-state index contributed by atoms with van der Waals surface area (Å²) < 4.78 is 0. The van der Waals surface area contributed by atoms with Gasteiger partial charge in [0.2, 0.25) is 5.91 Å². The largest absolute Gasteiger partial charge is 0.351 e. The number of amides is 1. The van der Waals surface area contributed by atoms with E-state index in [9.17, 15) is 4.79 Å². The van der Waals surface area contributed by atoms with Crippen molar-refractivity contribution in [2.75, 3.05) is 13.1 Å². The van der Waals surface area contributed by atoms with Crippen LogP contribution in [0.3, 0.4) is 0 Å². The molecule has 1 saturated heterocycles. The first kappa shape index (κ1) is 13.5. The first-order valence-electron chi connectivity index (χ1n) is 6.16. The van der Waals surface area contributed by atoms with Crippen LogP contribution < -0.4 is 10.6 Å². The molecule has 3 heteroatoms. The van der Waals surface area contributed by atoms with E-state index >= 15 is 0 Å². The Hall–Kier alpha value is -0.570. The standard InChI is InChI=1S/C13H26N2O/c1-9(12(2,3)4)11(16)15-10-7-14-8-13(10,5)6/h9-10,14H,7-8H2,1-6H3,(H,15,16). The topological polar surface area (TPSA) is 41.1 Å². The predicted molar refractivity (Wildman–Crippen MR) is 67.2 cm³/mol. The van der Waals surface area contributed by atoms with E-state index in [0.717, 1.165) is 13.1 Å². The van der Waals surface area contributed by atoms with Crippen molar-refractivity contribution >= 4 is 5.91 Å². The van der Waals surface area contributed by atoms with Gasteiger partial charge in [-0.2, -0.15) is 0 Å². The minimum atomic E-state index is 0.0280. The molecule has 0 spiro atoms. The Morgan fingerprint density at radius 2 is 2.00 bits per heavy atom. The molecule has 2 atom stereocenters. The molecule has 2 N–H and O–H groups in total. The lowest BCUT2D eigenvalue weighted by Gasteiger charge is -2.31. The maximum atomic E-state index is 12.1. The van der Waals surface area contributed by atoms with Gasteiger partial charge < -0.3 is 10.6 Å². The number of hydrogen-bond donors (Lipinski definition) is 2. The Kier molecular flexibility index (Phi) is 3.68. The molecule has 1 rings (SSSR count). The number of carbonyl (C=O) groups is 1. The van der Waals surface area contributed by atoms with E-state index in [-0.39, 0.29) is 28.7 Å². The van der Waals surface area contributed by atoms with Crippen molar-refractivity contribution in [3.8, 4) is 0 Å². The molecule has 1 fully saturated rings. The second-order valence-electron chi connectivity index (χ2n) is 6.77. The lowest BCUT2D eigenvalue weighted by molar-refractivity contribution is -0.128. The predicted octanol–water partition coefficient (Wildman–Crippen LogP) is 1.78. The Morgan fingerprint density at radius 1 is 1.44 bits per heavy atom. The summed E-state index contributed by atoms with van der Waals surface area (Å²) in [6.45, 7) is 14.6. The molecule has 2 unspecified atom stereocenters. The third-order valence-electron chi connectivity index (χ3n) is 3.88. The van der Waals surface area contributed by atoms with Crippen LogP contribution in [0, 0.1) is 16.7 Å². The van der Waals surface area contributed by atoms with Gasteiger partial charge in [-0.25, -0.2) is 0 Å². The molecule has 0 aromatic heterocycles. The monoisotopic (exact) mass is 226 g/mol. The fourth-order valence-electron chi connectivity index (χ4n) is 1.87. The van der Waals surface area contributed by atoms with E-state index in [1.54, 1.807) is 0 Å². The fourth-order valence-corrected chi connectivity index (χ4v) is 1.87. The molecule has 1 aliphatic heterocycles. The minimum absolute atomic E-state index is 0.0280. The SMILES string of the molecule is CC(C(=O)NC1CNCC1(C)C)C(C)(C)C. The first-order chi connectivity index (χ1) is 7.14. The van der Waals surface area contributed by atoms with Gasteiger partial charge in [0.05, 0.1) is 0 Å². The average Bonchev–Trinajstić information content (AvgIpc) is 2.43. The van der Waals surface area contributed by atoms with E-state index in [2.05, 4.69) is 45.3 Å². The van der Waals surface area contributed by atoms with Crippen LogP contribution in [0.1, 0.15) is 41.5 Å². The molecular formula is C13H26N2O. The third kappa shape index (κ3) is 2.97. The molecule has 1 aliphatic rings. The van der Waals surface area contributed by atoms with Crippen LogP contribution in [-0.2, 0) is 4.79 Å². The zero-order valence-corrected chi connectivity index (χ0v) is 11.5. The van der Waals surface area contributed by atoms with Crippen molar-refractivity contribution in [1.29, 1.82) is 0 Å². The van der Waals surface area contributed by atoms with E-state index in [0.29, 0.717) is 0 Å². The van der Waals surface area contributed by atoms with Gasteiger partial charge in [-0.3, -0.25) is 4.79 Å². The number of hydrogen-bond acceptors (Lipinski definition) is 2. The van der Waals surface area contributed by atoms with Crippen molar-refractivity contribution < 1.29 is 4.79 Å². The molecule has 0 bridgehead atoms. The molecule has 0 aromatic rings. The van der Waals surface area contributed by atoms with Gasteiger partial charge in [0.15, 0.2) is 0 Å². The highest BCUT2D eigenvalue weighted by atomic mass is 16.2. The molecule has 94 valence electrons. The quantitative estimate of drug-likeness (QED) is 0.753. The number of rotatable bonds is 2. The van der Waals surface area contributed by atoms with Crippen molar-refractivity contribution in [3.63, 3.8) is 0 Å². The Balaban J connectivity index is 2.58. The van der Waals surface area contributed by atoms with Crippen LogP contribution in [0.5, 0.6) is 0 Å². The summed E-state index contributed by atoms with van der Waals surface area (Å²) in [5.41, 5.74) is 0.188. The Bertz CT molecular complexity index is 266. The first-order valence-corrected chi connectivity index (χ1v) is 6.16. The van der Waals surface area contributed by atoms with Gasteiger partial charge in [-0.15, -0.1) is 0 Å². The van der Waals surface area contributed by atoms with Crippen LogP contribution >= 0.6 is 0 Å². The highest BCUT2D eigenvalue weighted by Crippen LogP contribution is 2.28. The highest BCUT2D eigenvalue weighted by molar-refractivity contribution is 5.79. The summed E-state index contributed by atoms with van der Waals surface area (Å²) in [4.78, 5) is 12.1. The van der Waals surface area contributed by atoms with Crippen LogP contribution in [0.25, 0.3) is 0 Å². The number of carbonyl (C=O) groups excluding carboxylic acids is 1. The lowest BCUT2D eigenvalue weighted by atomic mass is 9.80. The van der Waals surface area contributed by atoms with E-state index < -0.39 is 0 Å². The van der Waals surface area contributed by atoms with Crippen LogP contribution in [-0.4, -0.2) is 25.0 Å². The minimum Gasteiger partial charge on any atom is -0.351 e. The fraction of sp³-hybridized carbons (Fsp3) is 0.923. The van der Waals surface area contributed by atoms with Gasteiger partial charge in [0.1, 0.15) is 0 Å². The maximum Gasteiger partial charge on any atom is 0.223 e. The summed E-state index contributed by atoms with van der Waals surface area (Å²) in [7, 11) is 0. The summed E-state index contributed by atoms with van der Waals surface area (Å²) in [5.74, 6) is 0.221. The maximum absolute atomic E-state index is 12.1. The second kappa shape index (κ2) is 4.36. The van der Waals surface area contributed by atoms with Crippen LogP contribution in [0.4, 0.5) is 0 Å². The molecule has 0 aromatic carbocycles. The molecule has 0 saturated carbocycles. The average molecular weight is 226 g/mol. The lowest BCUT2D eigenvalue weighted by Crippen LogP contribution is -2.48. The van der Waals surface area contributed by atoms with Crippen LogP contribution in [0.2, 0.25) is 0 Å². The zero-order chi connectivity index (χ0) is 12.6. The van der Waals surface area contributed by atoms with E-state index in [1.807, 2.05) is 6.92 Å². The summed E-state index contributed by atoms with van der Waals surface area (Å²) in [6.07, 6.45) is 0. The van der Waals surface area contributed by atoms with Crippen molar-refractivity contribution in [2.45, 2.75) is 47.6 Å². The molecule has 1 amide bonds. The van der Waals surface area contributed by atoms with Gasteiger partial charge in [0.25, 0.3) is 0 Å². The molecule has 16 heavy (non-hydrogen) atoms. The van der Waals surface area contributed by atoms with Gasteiger partial charge >= 0.3 is 0 Å². The summed E-state index contributed by atoms with van der Waals surface area (Å²) in [5, 5.41) is 6.50. The van der Waals surface area contributed by atoms with Crippen molar-refractivity contribution in [2.24, 2.45) is 16.7 Å². The molecule has 0 aliphatic carbocycles. The summed E-state index contributed by atoms with van der Waals surface area (Å²) >= 11 is 0. The van der Waals surface area contributed by atoms with E-state index in [1.165, 1.54) is 0 Å². The van der Waals surface area contributed by atoms with E-state index in [4.69, 9.17) is 0 Å². The Labute approximate surface area is 99.4 Å². The van der Waals surface area contributed by atoms with Crippen LogP contribution in [0.15, 0.2) is 0 Å². The zero-order valence-electron chi connectivity index (χ0n) is 11.5. The van der Waals surface area contributed by atoms with Crippen molar-refractivity contribution in [1.82, 2.24) is 10.6 Å². The van der Waals surface area contributed by atoms with Gasteiger partial charge in [0, 0.05) is 25.0 Å². The third-order valence-corrected chi connectivity index (χ3v) is 3.88. The molecular weight excluding hydrogens is 200 g/mol. The summed E-state index contributed by atoms with van der Waals surface area (Å²) in [6, 6.07) is 0.254. The Morgan fingerprint density at radius 3 is 2.38 bits per heavy atom. The molecule has 0 radical (unpaired) electrons. The normalized spacial score (nSPS) is 26.5. The molecule has 3 nitrogen and oxygen atoms in total. The highest BCUT2D eigenvalue weighted by Gasteiger charge is 2.37. The molecule has 1 heterocycles. The van der Waals surface area contributed by atoms with Crippen molar-refractivity contribution in [3.05, 3.63) is 0 Å². The number of nitrogens with one attached hydrogen (secondary N) is 2. The smallest absolute Gasteiger partial charge is 0.223 e. The van der Waals surface area contributed by atoms with Gasteiger partial charge in [-0.1, -0.05) is 41.5 Å². The second-order valence-corrected chi connectivity index (χ2v) is 6.77.